The summed E-state index contributed by atoms with van der Waals surface area (Å²) < 4.78 is 39.9. The Morgan fingerprint density at radius 1 is 1.13 bits per heavy atom. The molecule has 38 heavy (non-hydrogen) atoms. The van der Waals surface area contributed by atoms with Crippen LogP contribution in [0.3, 0.4) is 0 Å². The molecule has 0 amide bonds. The Morgan fingerprint density at radius 3 is 2.55 bits per heavy atom. The maximum atomic E-state index is 12.6. The van der Waals surface area contributed by atoms with Gasteiger partial charge in [0.25, 0.3) is 0 Å². The molecule has 1 saturated carbocycles. The van der Waals surface area contributed by atoms with Gasteiger partial charge in [-0.05, 0) is 43.7 Å². The zero-order valence-corrected chi connectivity index (χ0v) is 22.4. The molecule has 2 fully saturated rings. The fourth-order valence-corrected chi connectivity index (χ4v) is 5.48. The van der Waals surface area contributed by atoms with Crippen molar-refractivity contribution in [2.45, 2.75) is 69.9 Å². The van der Waals surface area contributed by atoms with Gasteiger partial charge in [-0.1, -0.05) is 24.3 Å². The van der Waals surface area contributed by atoms with E-state index >= 15 is 0 Å². The van der Waals surface area contributed by atoms with Gasteiger partial charge in [-0.2, -0.15) is 18.2 Å². The minimum atomic E-state index is -4.23. The van der Waals surface area contributed by atoms with Crippen molar-refractivity contribution in [3.63, 3.8) is 0 Å². The number of halogens is 4. The van der Waals surface area contributed by atoms with Gasteiger partial charge in [-0.15, -0.1) is 12.4 Å². The molecule has 3 heterocycles. The SMILES string of the molecule is C[C@H]1CN(Cc2ccc(-c3cn(C4CCC(O)CC4)c4nc(NCCC(F)(F)F)ncc34)cc2)CCN1.Cl. The number of benzene rings is 1. The molecule has 5 rings (SSSR count). The Kier molecular flexibility index (Phi) is 9.18. The van der Waals surface area contributed by atoms with Gasteiger partial charge in [0.15, 0.2) is 0 Å². The van der Waals surface area contributed by atoms with E-state index in [2.05, 4.69) is 67.5 Å². The van der Waals surface area contributed by atoms with E-state index in [9.17, 15) is 18.3 Å². The van der Waals surface area contributed by atoms with E-state index in [0.29, 0.717) is 11.7 Å². The molecule has 0 radical (unpaired) electrons. The van der Waals surface area contributed by atoms with Crippen molar-refractivity contribution in [3.8, 4) is 11.1 Å². The summed E-state index contributed by atoms with van der Waals surface area (Å²) in [5.74, 6) is 0.194. The summed E-state index contributed by atoms with van der Waals surface area (Å²) in [4.78, 5) is 11.4. The molecular weight excluding hydrogens is 517 g/mol. The molecule has 7 nitrogen and oxygen atoms in total. The number of aromatic nitrogens is 3. The molecule has 1 atom stereocenters. The van der Waals surface area contributed by atoms with E-state index in [4.69, 9.17) is 0 Å². The number of hydrogen-bond donors (Lipinski definition) is 3. The van der Waals surface area contributed by atoms with Gasteiger partial charge in [0.05, 0.1) is 12.5 Å². The molecule has 1 aliphatic carbocycles. The first-order chi connectivity index (χ1) is 17.7. The van der Waals surface area contributed by atoms with Crippen LogP contribution in [0.25, 0.3) is 22.2 Å². The van der Waals surface area contributed by atoms with Crippen molar-refractivity contribution in [1.82, 2.24) is 24.8 Å². The standard InChI is InChI=1S/C27H35F3N6O.ClH/c1-18-15-35(13-12-31-18)16-19-2-4-20(5-3-19)24-17-36(21-6-8-22(37)9-7-21)25-23(24)14-33-26(34-25)32-11-10-27(28,29)30;/h2-5,14,17-18,21-22,31,37H,6-13,15-16H2,1H3,(H,32,33,34);1H/t18-,21?,22?;/m0./s1. The number of alkyl halides is 3. The molecule has 11 heteroatoms. The Bertz CT molecular complexity index is 1190. The van der Waals surface area contributed by atoms with Crippen molar-refractivity contribution in [2.75, 3.05) is 31.5 Å². The zero-order chi connectivity index (χ0) is 26.0. The molecule has 2 aliphatic rings. The smallest absolute Gasteiger partial charge is 0.390 e. The minimum absolute atomic E-state index is 0. The number of rotatable bonds is 7. The van der Waals surface area contributed by atoms with Crippen LogP contribution in [-0.4, -0.2) is 69.0 Å². The molecule has 1 saturated heterocycles. The third kappa shape index (κ3) is 6.97. The maximum Gasteiger partial charge on any atom is 0.390 e. The van der Waals surface area contributed by atoms with Gasteiger partial charge in [-0.25, -0.2) is 4.98 Å². The highest BCUT2D eigenvalue weighted by atomic mass is 35.5. The molecule has 1 aromatic carbocycles. The van der Waals surface area contributed by atoms with Gasteiger partial charge < -0.3 is 20.3 Å². The second kappa shape index (κ2) is 12.2. The van der Waals surface area contributed by atoms with E-state index in [1.807, 2.05) is 0 Å². The van der Waals surface area contributed by atoms with Crippen molar-refractivity contribution in [2.24, 2.45) is 0 Å². The second-order valence-electron chi connectivity index (χ2n) is 10.4. The predicted molar refractivity (Wildman–Crippen MR) is 146 cm³/mol. The lowest BCUT2D eigenvalue weighted by atomic mass is 9.93. The normalized spacial score (nSPS) is 22.8. The third-order valence-corrected chi connectivity index (χ3v) is 7.45. The zero-order valence-electron chi connectivity index (χ0n) is 21.5. The number of nitrogens with zero attached hydrogens (tertiary/aromatic N) is 4. The Morgan fingerprint density at radius 2 is 1.87 bits per heavy atom. The van der Waals surface area contributed by atoms with E-state index < -0.39 is 12.6 Å². The number of nitrogens with one attached hydrogen (secondary N) is 2. The van der Waals surface area contributed by atoms with Gasteiger partial charge in [-0.3, -0.25) is 4.90 Å². The molecular formula is C27H36ClF3N6O. The molecule has 3 N–H and O–H groups in total. The van der Waals surface area contributed by atoms with Crippen LogP contribution in [-0.2, 0) is 6.54 Å². The largest absolute Gasteiger partial charge is 0.393 e. The lowest BCUT2D eigenvalue weighted by molar-refractivity contribution is -0.131. The Balaban J connectivity index is 0.00000336. The highest BCUT2D eigenvalue weighted by Crippen LogP contribution is 2.37. The summed E-state index contributed by atoms with van der Waals surface area (Å²) in [6.45, 7) is 5.91. The van der Waals surface area contributed by atoms with Crippen LogP contribution >= 0.6 is 12.4 Å². The van der Waals surface area contributed by atoms with Crippen LogP contribution < -0.4 is 10.6 Å². The fourth-order valence-electron chi connectivity index (χ4n) is 5.48. The van der Waals surface area contributed by atoms with E-state index in [1.54, 1.807) is 6.20 Å². The third-order valence-electron chi connectivity index (χ3n) is 7.45. The van der Waals surface area contributed by atoms with Crippen LogP contribution in [0.15, 0.2) is 36.7 Å². The van der Waals surface area contributed by atoms with Gasteiger partial charge in [0.1, 0.15) is 5.65 Å². The summed E-state index contributed by atoms with van der Waals surface area (Å²) in [7, 11) is 0. The van der Waals surface area contributed by atoms with E-state index in [1.165, 1.54) is 5.56 Å². The fraction of sp³-hybridized carbons (Fsp3) is 0.556. The lowest BCUT2D eigenvalue weighted by Crippen LogP contribution is -2.48. The van der Waals surface area contributed by atoms with Crippen molar-refractivity contribution >= 4 is 29.4 Å². The molecule has 2 aromatic heterocycles. The first kappa shape index (κ1) is 28.6. The number of anilines is 1. The number of hydrogen-bond acceptors (Lipinski definition) is 6. The summed E-state index contributed by atoms with van der Waals surface area (Å²) >= 11 is 0. The summed E-state index contributed by atoms with van der Waals surface area (Å²) in [6, 6.07) is 9.24. The predicted octanol–water partition coefficient (Wildman–Crippen LogP) is 5.15. The molecule has 0 unspecified atom stereocenters. The average molecular weight is 553 g/mol. The van der Waals surface area contributed by atoms with E-state index in [0.717, 1.165) is 68.4 Å². The topological polar surface area (TPSA) is 78.2 Å². The van der Waals surface area contributed by atoms with Crippen LogP contribution in [0.2, 0.25) is 0 Å². The molecule has 0 spiro atoms. The molecule has 0 bridgehead atoms. The number of aliphatic hydroxyl groups is 1. The molecule has 1 aliphatic heterocycles. The van der Waals surface area contributed by atoms with Crippen LogP contribution in [0.5, 0.6) is 0 Å². The van der Waals surface area contributed by atoms with Crippen LogP contribution in [0.4, 0.5) is 19.1 Å². The Hall–Kier alpha value is -2.40. The highest BCUT2D eigenvalue weighted by Gasteiger charge is 2.27. The molecule has 3 aromatic rings. The Labute approximate surface area is 227 Å². The molecule has 208 valence electrons. The van der Waals surface area contributed by atoms with Crippen molar-refractivity contribution in [1.29, 1.82) is 0 Å². The first-order valence-corrected chi connectivity index (χ1v) is 13.2. The van der Waals surface area contributed by atoms with Crippen LogP contribution in [0.1, 0.15) is 50.6 Å². The summed E-state index contributed by atoms with van der Waals surface area (Å²) in [5.41, 5.74) is 4.03. The monoisotopic (exact) mass is 552 g/mol. The maximum absolute atomic E-state index is 12.6. The number of aliphatic hydroxyl groups excluding tert-OH is 1. The summed E-state index contributed by atoms with van der Waals surface area (Å²) in [6.07, 6.45) is 1.44. The summed E-state index contributed by atoms with van der Waals surface area (Å²) in [5, 5.41) is 17.1. The van der Waals surface area contributed by atoms with Crippen molar-refractivity contribution in [3.05, 3.63) is 42.2 Å². The minimum Gasteiger partial charge on any atom is -0.393 e. The average Bonchev–Trinajstić information content (AvgIpc) is 3.23. The quantitative estimate of drug-likeness (QED) is 0.376. The van der Waals surface area contributed by atoms with E-state index in [-0.39, 0.29) is 37.0 Å². The van der Waals surface area contributed by atoms with Crippen molar-refractivity contribution < 1.29 is 18.3 Å². The highest BCUT2D eigenvalue weighted by molar-refractivity contribution is 5.94. The first-order valence-electron chi connectivity index (χ1n) is 13.2. The second-order valence-corrected chi connectivity index (χ2v) is 10.4. The van der Waals surface area contributed by atoms with Crippen LogP contribution in [0, 0.1) is 0 Å². The lowest BCUT2D eigenvalue weighted by Gasteiger charge is -2.31. The van der Waals surface area contributed by atoms with Gasteiger partial charge in [0, 0.05) is 68.2 Å². The number of fused-ring (bicyclic) bond motifs is 1. The number of piperazine rings is 1. The van der Waals surface area contributed by atoms with Gasteiger partial charge in [0.2, 0.25) is 5.95 Å². The van der Waals surface area contributed by atoms with Gasteiger partial charge >= 0.3 is 6.18 Å².